The van der Waals surface area contributed by atoms with Gasteiger partial charge in [-0.2, -0.15) is 5.10 Å². The average Bonchev–Trinajstić information content (AvgIpc) is 3.05. The van der Waals surface area contributed by atoms with Crippen LogP contribution in [0.25, 0.3) is 11.1 Å². The Morgan fingerprint density at radius 1 is 1.35 bits per heavy atom. The van der Waals surface area contributed by atoms with Crippen molar-refractivity contribution >= 4 is 5.82 Å². The lowest BCUT2D eigenvalue weighted by atomic mass is 10.1. The number of aryl methyl sites for hydroxylation is 1. The molecule has 106 valence electrons. The number of hydrogen-bond acceptors (Lipinski definition) is 4. The van der Waals surface area contributed by atoms with Gasteiger partial charge in [0, 0.05) is 30.4 Å². The average molecular weight is 272 g/mol. The summed E-state index contributed by atoms with van der Waals surface area (Å²) in [6.07, 6.45) is 1.02. The fraction of sp³-hybridized carbons (Fsp3) is 0.400. The molecule has 5 heteroatoms. The molecule has 1 aromatic heterocycles. The molecule has 1 aliphatic rings. The van der Waals surface area contributed by atoms with Crippen molar-refractivity contribution in [2.24, 2.45) is 5.73 Å². The van der Waals surface area contributed by atoms with E-state index in [4.69, 9.17) is 10.5 Å². The van der Waals surface area contributed by atoms with E-state index in [1.807, 2.05) is 19.1 Å². The highest BCUT2D eigenvalue weighted by Gasteiger charge is 2.25. The van der Waals surface area contributed by atoms with Crippen LogP contribution in [-0.4, -0.2) is 36.4 Å². The van der Waals surface area contributed by atoms with Crippen LogP contribution in [0, 0.1) is 6.92 Å². The van der Waals surface area contributed by atoms with Crippen molar-refractivity contribution in [3.63, 3.8) is 0 Å². The van der Waals surface area contributed by atoms with Gasteiger partial charge in [0.2, 0.25) is 0 Å². The largest absolute Gasteiger partial charge is 0.497 e. The van der Waals surface area contributed by atoms with E-state index in [1.165, 1.54) is 0 Å². The Hall–Kier alpha value is -2.01. The van der Waals surface area contributed by atoms with Gasteiger partial charge >= 0.3 is 0 Å². The molecule has 1 saturated heterocycles. The first-order valence-electron chi connectivity index (χ1n) is 6.89. The van der Waals surface area contributed by atoms with Gasteiger partial charge in [-0.15, -0.1) is 0 Å². The first-order chi connectivity index (χ1) is 9.69. The molecule has 5 nitrogen and oxygen atoms in total. The number of anilines is 1. The number of H-pyrrole nitrogens is 1. The van der Waals surface area contributed by atoms with Crippen molar-refractivity contribution in [2.75, 3.05) is 25.1 Å². The molecule has 3 N–H and O–H groups in total. The number of aromatic nitrogens is 2. The van der Waals surface area contributed by atoms with Crippen LogP contribution < -0.4 is 15.4 Å². The zero-order chi connectivity index (χ0) is 14.1. The molecule has 20 heavy (non-hydrogen) atoms. The number of nitrogens with two attached hydrogens (primary N) is 1. The van der Waals surface area contributed by atoms with Crippen LogP contribution >= 0.6 is 0 Å². The molecule has 0 aliphatic carbocycles. The molecular weight excluding hydrogens is 252 g/mol. The van der Waals surface area contributed by atoms with Crippen molar-refractivity contribution < 1.29 is 4.74 Å². The van der Waals surface area contributed by atoms with Crippen molar-refractivity contribution in [1.82, 2.24) is 10.2 Å². The molecule has 1 aromatic carbocycles. The standard InChI is InChI=1S/C15H20N4O/c1-10-14(11-3-5-13(20-2)6-4-11)15(18-17-10)19-8-7-12(16)9-19/h3-6,12H,7-9,16H2,1-2H3,(H,17,18). The number of nitrogens with one attached hydrogen (secondary N) is 1. The van der Waals surface area contributed by atoms with Gasteiger partial charge in [0.25, 0.3) is 0 Å². The lowest BCUT2D eigenvalue weighted by molar-refractivity contribution is 0.415. The van der Waals surface area contributed by atoms with Crippen LogP contribution in [0.2, 0.25) is 0 Å². The van der Waals surface area contributed by atoms with Crippen LogP contribution in [0.3, 0.4) is 0 Å². The normalized spacial score (nSPS) is 18.6. The smallest absolute Gasteiger partial charge is 0.158 e. The van der Waals surface area contributed by atoms with Crippen molar-refractivity contribution in [3.8, 4) is 16.9 Å². The summed E-state index contributed by atoms with van der Waals surface area (Å²) in [4.78, 5) is 2.26. The molecular formula is C15H20N4O. The molecule has 1 unspecified atom stereocenters. The van der Waals surface area contributed by atoms with Crippen molar-refractivity contribution in [2.45, 2.75) is 19.4 Å². The van der Waals surface area contributed by atoms with Gasteiger partial charge in [0.1, 0.15) is 5.75 Å². The Balaban J connectivity index is 1.97. The van der Waals surface area contributed by atoms with Gasteiger partial charge in [-0.25, -0.2) is 0 Å². The highest BCUT2D eigenvalue weighted by Crippen LogP contribution is 2.34. The topological polar surface area (TPSA) is 67.2 Å². The van der Waals surface area contributed by atoms with Crippen LogP contribution in [0.4, 0.5) is 5.82 Å². The van der Waals surface area contributed by atoms with Crippen LogP contribution in [-0.2, 0) is 0 Å². The number of nitrogens with zero attached hydrogens (tertiary/aromatic N) is 2. The Labute approximate surface area is 118 Å². The maximum atomic E-state index is 6.00. The van der Waals surface area contributed by atoms with E-state index in [2.05, 4.69) is 27.2 Å². The number of methoxy groups -OCH3 is 1. The summed E-state index contributed by atoms with van der Waals surface area (Å²) < 4.78 is 5.21. The zero-order valence-electron chi connectivity index (χ0n) is 11.9. The van der Waals surface area contributed by atoms with E-state index in [-0.39, 0.29) is 6.04 Å². The van der Waals surface area contributed by atoms with Gasteiger partial charge in [-0.1, -0.05) is 12.1 Å². The molecule has 0 amide bonds. The molecule has 1 fully saturated rings. The highest BCUT2D eigenvalue weighted by atomic mass is 16.5. The minimum absolute atomic E-state index is 0.246. The van der Waals surface area contributed by atoms with E-state index in [0.717, 1.165) is 47.9 Å². The molecule has 0 saturated carbocycles. The maximum Gasteiger partial charge on any atom is 0.158 e. The quantitative estimate of drug-likeness (QED) is 0.896. The van der Waals surface area contributed by atoms with E-state index in [0.29, 0.717) is 0 Å². The second-order valence-electron chi connectivity index (χ2n) is 5.27. The van der Waals surface area contributed by atoms with Gasteiger partial charge < -0.3 is 15.4 Å². The second-order valence-corrected chi connectivity index (χ2v) is 5.27. The molecule has 1 aliphatic heterocycles. The maximum absolute atomic E-state index is 6.00. The summed E-state index contributed by atoms with van der Waals surface area (Å²) in [6.45, 7) is 3.88. The number of aromatic amines is 1. The van der Waals surface area contributed by atoms with Crippen LogP contribution in [0.5, 0.6) is 5.75 Å². The fourth-order valence-electron chi connectivity index (χ4n) is 2.73. The predicted molar refractivity (Wildman–Crippen MR) is 80.1 cm³/mol. The lowest BCUT2D eigenvalue weighted by Gasteiger charge is -2.17. The Morgan fingerprint density at radius 3 is 2.70 bits per heavy atom. The highest BCUT2D eigenvalue weighted by molar-refractivity contribution is 5.78. The molecule has 2 heterocycles. The van der Waals surface area contributed by atoms with E-state index in [1.54, 1.807) is 7.11 Å². The van der Waals surface area contributed by atoms with E-state index in [9.17, 15) is 0 Å². The fourth-order valence-corrected chi connectivity index (χ4v) is 2.73. The van der Waals surface area contributed by atoms with Crippen LogP contribution in [0.15, 0.2) is 24.3 Å². The summed E-state index contributed by atoms with van der Waals surface area (Å²) in [5, 5.41) is 7.56. The minimum Gasteiger partial charge on any atom is -0.497 e. The van der Waals surface area contributed by atoms with E-state index >= 15 is 0 Å². The number of hydrogen-bond donors (Lipinski definition) is 2. The summed E-state index contributed by atoms with van der Waals surface area (Å²) in [7, 11) is 1.68. The SMILES string of the molecule is COc1ccc(-c2c(N3CCC(N)C3)n[nH]c2C)cc1. The minimum atomic E-state index is 0.246. The number of ether oxygens (including phenoxy) is 1. The summed E-state index contributed by atoms with van der Waals surface area (Å²) in [6, 6.07) is 8.32. The summed E-state index contributed by atoms with van der Waals surface area (Å²) >= 11 is 0. The molecule has 2 aromatic rings. The van der Waals surface area contributed by atoms with Crippen LogP contribution in [0.1, 0.15) is 12.1 Å². The Kier molecular flexibility index (Phi) is 3.36. The lowest BCUT2D eigenvalue weighted by Crippen LogP contribution is -2.26. The summed E-state index contributed by atoms with van der Waals surface area (Å²) in [5.41, 5.74) is 9.37. The van der Waals surface area contributed by atoms with Gasteiger partial charge in [-0.3, -0.25) is 5.10 Å². The number of rotatable bonds is 3. The third-order valence-corrected chi connectivity index (χ3v) is 3.83. The monoisotopic (exact) mass is 272 g/mol. The molecule has 3 rings (SSSR count). The predicted octanol–water partition coefficient (Wildman–Crippen LogP) is 1.93. The summed E-state index contributed by atoms with van der Waals surface area (Å²) in [5.74, 6) is 1.86. The second kappa shape index (κ2) is 5.17. The number of benzene rings is 1. The van der Waals surface area contributed by atoms with Gasteiger partial charge in [0.15, 0.2) is 5.82 Å². The third-order valence-electron chi connectivity index (χ3n) is 3.83. The zero-order valence-corrected chi connectivity index (χ0v) is 11.9. The first-order valence-corrected chi connectivity index (χ1v) is 6.89. The third kappa shape index (κ3) is 2.25. The molecule has 0 radical (unpaired) electrons. The van der Waals surface area contributed by atoms with Crippen molar-refractivity contribution in [3.05, 3.63) is 30.0 Å². The molecule has 0 spiro atoms. The molecule has 1 atom stereocenters. The van der Waals surface area contributed by atoms with E-state index < -0.39 is 0 Å². The van der Waals surface area contributed by atoms with Crippen molar-refractivity contribution in [1.29, 1.82) is 0 Å². The first kappa shape index (κ1) is 13.0. The Bertz CT molecular complexity index is 590. The van der Waals surface area contributed by atoms with Gasteiger partial charge in [0.05, 0.1) is 7.11 Å². The Morgan fingerprint density at radius 2 is 2.10 bits per heavy atom. The molecule has 0 bridgehead atoms. The van der Waals surface area contributed by atoms with Gasteiger partial charge in [-0.05, 0) is 31.0 Å².